The van der Waals surface area contributed by atoms with E-state index in [1.807, 2.05) is 18.2 Å². The van der Waals surface area contributed by atoms with Crippen molar-refractivity contribution in [2.75, 3.05) is 0 Å². The minimum atomic E-state index is 0.534. The van der Waals surface area contributed by atoms with Crippen molar-refractivity contribution in [3.8, 4) is 11.3 Å². The number of hydrogen-bond donors (Lipinski definition) is 0. The molecule has 2 aromatic rings. The molecule has 1 aromatic carbocycles. The monoisotopic (exact) mass is 246 g/mol. The zero-order valence-electron chi connectivity index (χ0n) is 9.64. The highest BCUT2D eigenvalue weighted by Crippen LogP contribution is 2.31. The third-order valence-corrected chi connectivity index (χ3v) is 3.47. The quantitative estimate of drug-likeness (QED) is 0.753. The second kappa shape index (κ2) is 4.53. The van der Waals surface area contributed by atoms with E-state index in [0.717, 1.165) is 29.4 Å². The van der Waals surface area contributed by atoms with E-state index in [-0.39, 0.29) is 0 Å². The van der Waals surface area contributed by atoms with Gasteiger partial charge in [-0.15, -0.1) is 11.6 Å². The summed E-state index contributed by atoms with van der Waals surface area (Å²) < 4.78 is 2.08. The average molecular weight is 247 g/mol. The van der Waals surface area contributed by atoms with Crippen LogP contribution in [-0.2, 0) is 12.4 Å². The smallest absolute Gasteiger partial charge is 0.0926 e. The Labute approximate surface area is 106 Å². The Morgan fingerprint density at radius 2 is 2.00 bits per heavy atom. The van der Waals surface area contributed by atoms with E-state index in [4.69, 9.17) is 11.6 Å². The second-order valence-corrected chi connectivity index (χ2v) is 4.91. The van der Waals surface area contributed by atoms with Crippen molar-refractivity contribution in [3.63, 3.8) is 0 Å². The lowest BCUT2D eigenvalue weighted by Crippen LogP contribution is -2.05. The maximum atomic E-state index is 5.98. The van der Waals surface area contributed by atoms with Crippen molar-refractivity contribution in [1.29, 1.82) is 0 Å². The van der Waals surface area contributed by atoms with E-state index in [1.54, 1.807) is 0 Å². The maximum Gasteiger partial charge on any atom is 0.0926 e. The Hall–Kier alpha value is -1.28. The van der Waals surface area contributed by atoms with Gasteiger partial charge in [0.25, 0.3) is 0 Å². The van der Waals surface area contributed by atoms with Gasteiger partial charge in [0.2, 0.25) is 0 Å². The van der Waals surface area contributed by atoms with Crippen LogP contribution in [0.4, 0.5) is 0 Å². The van der Waals surface area contributed by atoms with E-state index in [0.29, 0.717) is 5.88 Å². The van der Waals surface area contributed by atoms with E-state index in [2.05, 4.69) is 28.0 Å². The molecule has 2 nitrogen and oxygen atoms in total. The Balaban J connectivity index is 1.92. The molecule has 0 radical (unpaired) electrons. The molecule has 0 amide bonds. The van der Waals surface area contributed by atoms with Gasteiger partial charge in [-0.25, -0.2) is 0 Å². The molecule has 1 heterocycles. The summed E-state index contributed by atoms with van der Waals surface area (Å²) in [4.78, 5) is 0. The fourth-order valence-electron chi connectivity index (χ4n) is 2.02. The standard InChI is InChI=1S/C14H15ClN2/c15-9-13-8-14(12-4-2-1-3-5-12)16-17(13)10-11-6-7-11/h1-5,8,11H,6-7,9-10H2. The molecule has 1 aromatic heterocycles. The Kier molecular flexibility index (Phi) is 2.89. The molecule has 88 valence electrons. The van der Waals surface area contributed by atoms with Crippen LogP contribution in [-0.4, -0.2) is 9.78 Å². The molecule has 3 rings (SSSR count). The summed E-state index contributed by atoms with van der Waals surface area (Å²) in [5, 5.41) is 4.66. The van der Waals surface area contributed by atoms with Gasteiger partial charge < -0.3 is 0 Å². The van der Waals surface area contributed by atoms with Gasteiger partial charge in [0, 0.05) is 12.1 Å². The number of aromatic nitrogens is 2. The van der Waals surface area contributed by atoms with Gasteiger partial charge in [-0.1, -0.05) is 30.3 Å². The van der Waals surface area contributed by atoms with Crippen molar-refractivity contribution >= 4 is 11.6 Å². The number of benzene rings is 1. The van der Waals surface area contributed by atoms with Crippen molar-refractivity contribution in [2.45, 2.75) is 25.3 Å². The van der Waals surface area contributed by atoms with Gasteiger partial charge in [-0.2, -0.15) is 5.10 Å². The number of hydrogen-bond acceptors (Lipinski definition) is 1. The Morgan fingerprint density at radius 3 is 2.65 bits per heavy atom. The van der Waals surface area contributed by atoms with Crippen molar-refractivity contribution in [3.05, 3.63) is 42.1 Å². The molecule has 1 aliphatic carbocycles. The number of nitrogens with zero attached hydrogens (tertiary/aromatic N) is 2. The number of halogens is 1. The average Bonchev–Trinajstić information content (AvgIpc) is 3.09. The molecular formula is C14H15ClN2. The van der Waals surface area contributed by atoms with E-state index in [1.165, 1.54) is 12.8 Å². The second-order valence-electron chi connectivity index (χ2n) is 4.65. The summed E-state index contributed by atoms with van der Waals surface area (Å²) in [5.74, 6) is 1.35. The summed E-state index contributed by atoms with van der Waals surface area (Å²) in [7, 11) is 0. The van der Waals surface area contributed by atoms with Crippen LogP contribution < -0.4 is 0 Å². The van der Waals surface area contributed by atoms with Gasteiger partial charge in [0.1, 0.15) is 0 Å². The zero-order chi connectivity index (χ0) is 11.7. The van der Waals surface area contributed by atoms with Gasteiger partial charge in [0.15, 0.2) is 0 Å². The van der Waals surface area contributed by atoms with Crippen LogP contribution in [0.5, 0.6) is 0 Å². The number of rotatable bonds is 4. The molecule has 0 atom stereocenters. The van der Waals surface area contributed by atoms with Crippen LogP contribution >= 0.6 is 11.6 Å². The van der Waals surface area contributed by atoms with Crippen molar-refractivity contribution < 1.29 is 0 Å². The lowest BCUT2D eigenvalue weighted by Gasteiger charge is -2.02. The molecule has 0 aliphatic heterocycles. The summed E-state index contributed by atoms with van der Waals surface area (Å²) in [6.45, 7) is 1.02. The van der Waals surface area contributed by atoms with Crippen LogP contribution in [0.1, 0.15) is 18.5 Å². The molecule has 3 heteroatoms. The van der Waals surface area contributed by atoms with Crippen molar-refractivity contribution in [1.82, 2.24) is 9.78 Å². The predicted molar refractivity (Wildman–Crippen MR) is 69.9 cm³/mol. The third-order valence-electron chi connectivity index (χ3n) is 3.20. The maximum absolute atomic E-state index is 5.98. The summed E-state index contributed by atoms with van der Waals surface area (Å²) in [6.07, 6.45) is 2.67. The van der Waals surface area contributed by atoms with E-state index >= 15 is 0 Å². The highest BCUT2D eigenvalue weighted by atomic mass is 35.5. The van der Waals surface area contributed by atoms with Crippen LogP contribution in [0, 0.1) is 5.92 Å². The van der Waals surface area contributed by atoms with Gasteiger partial charge in [-0.05, 0) is 24.8 Å². The van der Waals surface area contributed by atoms with Gasteiger partial charge >= 0.3 is 0 Å². The normalized spacial score (nSPS) is 15.1. The van der Waals surface area contributed by atoms with Crippen LogP contribution in [0.2, 0.25) is 0 Å². The fraction of sp³-hybridized carbons (Fsp3) is 0.357. The molecule has 0 saturated heterocycles. The van der Waals surface area contributed by atoms with Crippen molar-refractivity contribution in [2.24, 2.45) is 5.92 Å². The first-order valence-electron chi connectivity index (χ1n) is 6.05. The van der Waals surface area contributed by atoms with E-state index < -0.39 is 0 Å². The molecule has 1 saturated carbocycles. The SMILES string of the molecule is ClCc1cc(-c2ccccc2)nn1CC1CC1. The molecule has 1 aliphatic rings. The topological polar surface area (TPSA) is 17.8 Å². The van der Waals surface area contributed by atoms with Crippen LogP contribution in [0.15, 0.2) is 36.4 Å². The van der Waals surface area contributed by atoms with E-state index in [9.17, 15) is 0 Å². The third kappa shape index (κ3) is 2.37. The Bertz CT molecular complexity index is 500. The minimum absolute atomic E-state index is 0.534. The largest absolute Gasteiger partial charge is 0.267 e. The van der Waals surface area contributed by atoms with Crippen LogP contribution in [0.25, 0.3) is 11.3 Å². The minimum Gasteiger partial charge on any atom is -0.267 e. The molecule has 0 N–H and O–H groups in total. The Morgan fingerprint density at radius 1 is 1.24 bits per heavy atom. The zero-order valence-corrected chi connectivity index (χ0v) is 10.4. The predicted octanol–water partition coefficient (Wildman–Crippen LogP) is 3.70. The lowest BCUT2D eigenvalue weighted by molar-refractivity contribution is 0.549. The highest BCUT2D eigenvalue weighted by Gasteiger charge is 2.23. The molecule has 1 fully saturated rings. The molecule has 0 spiro atoms. The first-order valence-corrected chi connectivity index (χ1v) is 6.58. The highest BCUT2D eigenvalue weighted by molar-refractivity contribution is 6.16. The number of alkyl halides is 1. The summed E-state index contributed by atoms with van der Waals surface area (Å²) in [5.41, 5.74) is 3.31. The molecule has 0 unspecified atom stereocenters. The van der Waals surface area contributed by atoms with Crippen LogP contribution in [0.3, 0.4) is 0 Å². The van der Waals surface area contributed by atoms with Gasteiger partial charge in [0.05, 0.1) is 17.3 Å². The first-order chi connectivity index (χ1) is 8.36. The van der Waals surface area contributed by atoms with Gasteiger partial charge in [-0.3, -0.25) is 4.68 Å². The molecule has 0 bridgehead atoms. The summed E-state index contributed by atoms with van der Waals surface area (Å²) >= 11 is 5.98. The summed E-state index contributed by atoms with van der Waals surface area (Å²) in [6, 6.07) is 12.4. The first kappa shape index (κ1) is 10.8. The molecule has 17 heavy (non-hydrogen) atoms. The fourth-order valence-corrected chi connectivity index (χ4v) is 2.23. The molecular weight excluding hydrogens is 232 g/mol. The lowest BCUT2D eigenvalue weighted by atomic mass is 10.1.